The highest BCUT2D eigenvalue weighted by Crippen LogP contribution is 2.46. The first-order chi connectivity index (χ1) is 17.9. The van der Waals surface area contributed by atoms with Crippen molar-refractivity contribution in [2.75, 3.05) is 33.2 Å². The van der Waals surface area contributed by atoms with E-state index in [4.69, 9.17) is 23.2 Å². The van der Waals surface area contributed by atoms with Gasteiger partial charge in [0.05, 0.1) is 14.8 Å². The molecule has 1 saturated heterocycles. The Bertz CT molecular complexity index is 1290. The van der Waals surface area contributed by atoms with E-state index in [1.54, 1.807) is 4.90 Å². The van der Waals surface area contributed by atoms with Crippen molar-refractivity contribution in [2.45, 2.75) is 35.7 Å². The van der Waals surface area contributed by atoms with Gasteiger partial charge in [0.2, 0.25) is 0 Å². The van der Waals surface area contributed by atoms with Gasteiger partial charge in [-0.3, -0.25) is 9.00 Å². The van der Waals surface area contributed by atoms with Crippen LogP contribution < -0.4 is 0 Å². The SMILES string of the molecule is CN(C[C@H](CCN1CCC2(CC1)c1ccccc1CS2=O)c1ccc(Cl)c(Cl)c1)C(=O)c1ccccc1. The van der Waals surface area contributed by atoms with Gasteiger partial charge in [-0.05, 0) is 79.9 Å². The third-order valence-corrected chi connectivity index (χ3v) is 10.8. The number of benzene rings is 3. The number of carbonyl (C=O) groups is 1. The van der Waals surface area contributed by atoms with Gasteiger partial charge in [-0.15, -0.1) is 0 Å². The summed E-state index contributed by atoms with van der Waals surface area (Å²) < 4.78 is 13.0. The number of amides is 1. The molecule has 194 valence electrons. The molecule has 4 nitrogen and oxygen atoms in total. The molecular weight excluding hydrogens is 523 g/mol. The molecule has 0 N–H and O–H groups in total. The number of hydrogen-bond donors (Lipinski definition) is 0. The minimum absolute atomic E-state index is 0.00736. The predicted octanol–water partition coefficient (Wildman–Crippen LogP) is 6.49. The van der Waals surface area contributed by atoms with Crippen LogP contribution in [-0.2, 0) is 21.3 Å². The minimum atomic E-state index is -0.856. The van der Waals surface area contributed by atoms with E-state index in [0.29, 0.717) is 27.9 Å². The summed E-state index contributed by atoms with van der Waals surface area (Å²) in [4.78, 5) is 17.3. The Balaban J connectivity index is 1.27. The number of hydrogen-bond acceptors (Lipinski definition) is 3. The van der Waals surface area contributed by atoms with Crippen molar-refractivity contribution < 1.29 is 9.00 Å². The molecule has 0 saturated carbocycles. The molecule has 2 aliphatic heterocycles. The first-order valence-electron chi connectivity index (χ1n) is 12.8. The van der Waals surface area contributed by atoms with Crippen molar-refractivity contribution in [3.05, 3.63) is 105 Å². The number of piperidine rings is 1. The molecule has 0 bridgehead atoms. The molecule has 5 rings (SSSR count). The maximum atomic E-state index is 13.2. The third kappa shape index (κ3) is 5.51. The zero-order valence-corrected chi connectivity index (χ0v) is 23.4. The van der Waals surface area contributed by atoms with E-state index in [1.807, 2.05) is 61.6 Å². The van der Waals surface area contributed by atoms with E-state index < -0.39 is 10.8 Å². The average Bonchev–Trinajstić information content (AvgIpc) is 3.19. The smallest absolute Gasteiger partial charge is 0.253 e. The molecule has 2 heterocycles. The molecule has 1 amide bonds. The second-order valence-electron chi connectivity index (χ2n) is 10.2. The number of likely N-dealkylation sites (N-methyl/N-ethyl adjacent to an activating group) is 1. The fourth-order valence-corrected chi connectivity index (χ4v) is 8.01. The molecule has 2 aliphatic rings. The number of halogens is 2. The van der Waals surface area contributed by atoms with Crippen LogP contribution in [0.25, 0.3) is 0 Å². The van der Waals surface area contributed by atoms with E-state index >= 15 is 0 Å². The Morgan fingerprint density at radius 1 is 1.00 bits per heavy atom. The van der Waals surface area contributed by atoms with Gasteiger partial charge >= 0.3 is 0 Å². The van der Waals surface area contributed by atoms with Gasteiger partial charge in [0.15, 0.2) is 0 Å². The lowest BCUT2D eigenvalue weighted by Crippen LogP contribution is -2.44. The molecule has 2 atom stereocenters. The summed E-state index contributed by atoms with van der Waals surface area (Å²) in [7, 11) is 1.00. The summed E-state index contributed by atoms with van der Waals surface area (Å²) in [5.74, 6) is 0.801. The largest absolute Gasteiger partial charge is 0.341 e. The first-order valence-corrected chi connectivity index (χ1v) is 14.9. The van der Waals surface area contributed by atoms with Gasteiger partial charge in [0.1, 0.15) is 0 Å². The van der Waals surface area contributed by atoms with Crippen molar-refractivity contribution in [2.24, 2.45) is 0 Å². The lowest BCUT2D eigenvalue weighted by molar-refractivity contribution is 0.0781. The van der Waals surface area contributed by atoms with Crippen LogP contribution in [0.4, 0.5) is 0 Å². The normalized spacial score (nSPS) is 19.5. The van der Waals surface area contributed by atoms with Gasteiger partial charge in [-0.1, -0.05) is 71.7 Å². The van der Waals surface area contributed by atoms with E-state index in [-0.39, 0.29) is 16.6 Å². The molecule has 1 unspecified atom stereocenters. The summed E-state index contributed by atoms with van der Waals surface area (Å²) >= 11 is 12.6. The maximum absolute atomic E-state index is 13.2. The highest BCUT2D eigenvalue weighted by Gasteiger charge is 2.46. The van der Waals surface area contributed by atoms with Gasteiger partial charge in [0.25, 0.3) is 5.91 Å². The summed E-state index contributed by atoms with van der Waals surface area (Å²) in [5, 5.41) is 1.06. The van der Waals surface area contributed by atoms with Crippen LogP contribution >= 0.6 is 23.2 Å². The number of likely N-dealkylation sites (tertiary alicyclic amines) is 1. The lowest BCUT2D eigenvalue weighted by atomic mass is 9.86. The highest BCUT2D eigenvalue weighted by molar-refractivity contribution is 7.85. The highest BCUT2D eigenvalue weighted by atomic mass is 35.5. The second-order valence-corrected chi connectivity index (χ2v) is 12.8. The molecule has 1 spiro atoms. The Kier molecular flexibility index (Phi) is 8.06. The standard InChI is InChI=1S/C30H32Cl2N2O2S/c1-33(29(35)22-7-3-2-4-8-22)20-24(23-11-12-27(31)28(32)19-23)13-16-34-17-14-30(15-18-34)26-10-6-5-9-25(26)21-37(30)36/h2-12,19,24H,13-18,20-21H2,1H3/t24-,37?/m0/s1. The van der Waals surface area contributed by atoms with Crippen LogP contribution in [0.2, 0.25) is 10.0 Å². The fourth-order valence-electron chi connectivity index (χ4n) is 5.81. The average molecular weight is 556 g/mol. The third-order valence-electron chi connectivity index (χ3n) is 7.96. The molecule has 0 aliphatic carbocycles. The Labute approximate surface area is 232 Å². The molecule has 3 aromatic carbocycles. The quantitative estimate of drug-likeness (QED) is 0.335. The molecule has 3 aromatic rings. The van der Waals surface area contributed by atoms with Crippen molar-refractivity contribution >= 4 is 39.9 Å². The first kappa shape index (κ1) is 26.4. The fraction of sp³-hybridized carbons (Fsp3) is 0.367. The molecule has 7 heteroatoms. The topological polar surface area (TPSA) is 40.6 Å². The van der Waals surface area contributed by atoms with E-state index in [1.165, 1.54) is 11.1 Å². The Hall–Kier alpha value is -2.18. The van der Waals surface area contributed by atoms with E-state index in [2.05, 4.69) is 23.1 Å². The van der Waals surface area contributed by atoms with Crippen LogP contribution in [0, 0.1) is 0 Å². The number of carbonyl (C=O) groups excluding carboxylic acids is 1. The maximum Gasteiger partial charge on any atom is 0.253 e. The minimum Gasteiger partial charge on any atom is -0.341 e. The molecule has 1 fully saturated rings. The number of nitrogens with zero attached hydrogens (tertiary/aromatic N) is 2. The summed E-state index contributed by atoms with van der Waals surface area (Å²) in [6, 6.07) is 23.6. The van der Waals surface area contributed by atoms with E-state index in [0.717, 1.165) is 44.5 Å². The number of fused-ring (bicyclic) bond motifs is 2. The molecule has 37 heavy (non-hydrogen) atoms. The van der Waals surface area contributed by atoms with Crippen LogP contribution in [0.5, 0.6) is 0 Å². The van der Waals surface area contributed by atoms with Gasteiger partial charge in [-0.25, -0.2) is 0 Å². The molecule has 0 radical (unpaired) electrons. The monoisotopic (exact) mass is 554 g/mol. The number of rotatable bonds is 7. The van der Waals surface area contributed by atoms with Crippen LogP contribution in [0.3, 0.4) is 0 Å². The summed E-state index contributed by atoms with van der Waals surface area (Å²) in [6.45, 7) is 3.34. The van der Waals surface area contributed by atoms with E-state index in [9.17, 15) is 9.00 Å². The van der Waals surface area contributed by atoms with Crippen molar-refractivity contribution in [3.8, 4) is 0 Å². The van der Waals surface area contributed by atoms with Crippen LogP contribution in [-0.4, -0.2) is 53.1 Å². The second kappa shape index (κ2) is 11.3. The zero-order chi connectivity index (χ0) is 26.0. The Morgan fingerprint density at radius 2 is 1.70 bits per heavy atom. The van der Waals surface area contributed by atoms with Crippen LogP contribution in [0.1, 0.15) is 52.2 Å². The Morgan fingerprint density at radius 3 is 2.43 bits per heavy atom. The van der Waals surface area contributed by atoms with Crippen molar-refractivity contribution in [1.29, 1.82) is 0 Å². The van der Waals surface area contributed by atoms with Crippen molar-refractivity contribution in [3.63, 3.8) is 0 Å². The molecular formula is C30H32Cl2N2O2S. The molecule has 0 aromatic heterocycles. The zero-order valence-electron chi connectivity index (χ0n) is 21.0. The van der Waals surface area contributed by atoms with Gasteiger partial charge < -0.3 is 9.80 Å². The van der Waals surface area contributed by atoms with Gasteiger partial charge in [0, 0.05) is 41.6 Å². The lowest BCUT2D eigenvalue weighted by Gasteiger charge is -2.39. The summed E-state index contributed by atoms with van der Waals surface area (Å²) in [5.41, 5.74) is 4.31. The van der Waals surface area contributed by atoms with Crippen LogP contribution in [0.15, 0.2) is 72.8 Å². The predicted molar refractivity (Wildman–Crippen MR) is 153 cm³/mol. The van der Waals surface area contributed by atoms with Gasteiger partial charge in [-0.2, -0.15) is 0 Å². The summed E-state index contributed by atoms with van der Waals surface area (Å²) in [6.07, 6.45) is 2.72. The van der Waals surface area contributed by atoms with Crippen molar-refractivity contribution in [1.82, 2.24) is 9.80 Å².